The van der Waals surface area contributed by atoms with Crippen molar-refractivity contribution in [3.05, 3.63) is 29.8 Å². The second-order valence-corrected chi connectivity index (χ2v) is 4.20. The first-order chi connectivity index (χ1) is 7.56. The minimum absolute atomic E-state index is 0.406. The molecular formula is C10H9F2N3S. The maximum atomic E-state index is 13.0. The van der Waals surface area contributed by atoms with E-state index >= 15 is 0 Å². The van der Waals surface area contributed by atoms with Gasteiger partial charge in [0.25, 0.3) is 0 Å². The third-order valence-electron chi connectivity index (χ3n) is 1.92. The Morgan fingerprint density at radius 1 is 1.12 bits per heavy atom. The van der Waals surface area contributed by atoms with Crippen molar-refractivity contribution >= 4 is 17.5 Å². The highest BCUT2D eigenvalue weighted by molar-refractivity contribution is 7.09. The van der Waals surface area contributed by atoms with E-state index < -0.39 is 11.6 Å². The summed E-state index contributed by atoms with van der Waals surface area (Å²) in [5.41, 5.74) is 0.406. The van der Waals surface area contributed by atoms with Crippen LogP contribution in [0, 0.1) is 11.6 Å². The van der Waals surface area contributed by atoms with Crippen LogP contribution in [0.25, 0.3) is 10.6 Å². The molecule has 16 heavy (non-hydrogen) atoms. The van der Waals surface area contributed by atoms with Gasteiger partial charge in [-0.1, -0.05) is 0 Å². The Kier molecular flexibility index (Phi) is 2.82. The summed E-state index contributed by atoms with van der Waals surface area (Å²) in [6, 6.07) is 3.31. The van der Waals surface area contributed by atoms with Gasteiger partial charge in [-0.2, -0.15) is 9.36 Å². The number of anilines is 1. The van der Waals surface area contributed by atoms with Crippen molar-refractivity contribution < 1.29 is 8.78 Å². The summed E-state index contributed by atoms with van der Waals surface area (Å²) >= 11 is 1.11. The zero-order chi connectivity index (χ0) is 11.7. The lowest BCUT2D eigenvalue weighted by Gasteiger charge is -2.04. The van der Waals surface area contributed by atoms with Crippen molar-refractivity contribution in [3.63, 3.8) is 0 Å². The van der Waals surface area contributed by atoms with Crippen LogP contribution in [0.4, 0.5) is 14.7 Å². The van der Waals surface area contributed by atoms with Gasteiger partial charge < -0.3 is 4.90 Å². The summed E-state index contributed by atoms with van der Waals surface area (Å²) in [6.45, 7) is 0. The van der Waals surface area contributed by atoms with Crippen LogP contribution >= 0.6 is 11.5 Å². The highest BCUT2D eigenvalue weighted by Gasteiger charge is 2.10. The van der Waals surface area contributed by atoms with Crippen LogP contribution in [0.15, 0.2) is 18.2 Å². The predicted molar refractivity (Wildman–Crippen MR) is 59.6 cm³/mol. The van der Waals surface area contributed by atoms with Gasteiger partial charge in [0.2, 0.25) is 5.95 Å². The van der Waals surface area contributed by atoms with Crippen LogP contribution in [0.1, 0.15) is 0 Å². The second-order valence-electron chi connectivity index (χ2n) is 3.45. The number of nitrogens with zero attached hydrogens (tertiary/aromatic N) is 3. The topological polar surface area (TPSA) is 29.0 Å². The van der Waals surface area contributed by atoms with Gasteiger partial charge in [-0.05, 0) is 23.7 Å². The van der Waals surface area contributed by atoms with Gasteiger partial charge in [0.15, 0.2) is 0 Å². The van der Waals surface area contributed by atoms with Gasteiger partial charge in [0, 0.05) is 25.7 Å². The fraction of sp³-hybridized carbons (Fsp3) is 0.200. The molecule has 0 aliphatic rings. The zero-order valence-electron chi connectivity index (χ0n) is 8.74. The van der Waals surface area contributed by atoms with Crippen LogP contribution in [-0.4, -0.2) is 23.5 Å². The monoisotopic (exact) mass is 241 g/mol. The molecule has 0 bridgehead atoms. The lowest BCUT2D eigenvalue weighted by molar-refractivity contribution is 0.584. The molecule has 0 atom stereocenters. The molecule has 0 N–H and O–H groups in total. The molecule has 6 heteroatoms. The Hall–Kier alpha value is -1.56. The average Bonchev–Trinajstić information content (AvgIpc) is 2.64. The molecule has 0 unspecified atom stereocenters. The molecule has 84 valence electrons. The first-order valence-corrected chi connectivity index (χ1v) is 5.31. The Morgan fingerprint density at radius 3 is 2.25 bits per heavy atom. The lowest BCUT2D eigenvalue weighted by atomic mass is 10.2. The van der Waals surface area contributed by atoms with Gasteiger partial charge >= 0.3 is 0 Å². The summed E-state index contributed by atoms with van der Waals surface area (Å²) in [4.78, 5) is 5.89. The number of halogens is 2. The van der Waals surface area contributed by atoms with Crippen molar-refractivity contribution in [3.8, 4) is 10.6 Å². The molecule has 0 aliphatic carbocycles. The standard InChI is InChI=1S/C10H9F2N3S/c1-15(2)10-13-9(16-14-10)6-3-7(11)5-8(12)4-6/h3-5H,1-2H3. The van der Waals surface area contributed by atoms with E-state index in [4.69, 9.17) is 0 Å². The Labute approximate surface area is 95.5 Å². The van der Waals surface area contributed by atoms with Crippen molar-refractivity contribution in [1.82, 2.24) is 9.36 Å². The molecule has 0 amide bonds. The largest absolute Gasteiger partial charge is 0.346 e. The van der Waals surface area contributed by atoms with Gasteiger partial charge in [0.05, 0.1) is 0 Å². The van der Waals surface area contributed by atoms with Gasteiger partial charge in [-0.15, -0.1) is 0 Å². The molecule has 0 spiro atoms. The smallest absolute Gasteiger partial charge is 0.237 e. The quantitative estimate of drug-likeness (QED) is 0.809. The van der Waals surface area contributed by atoms with Crippen LogP contribution in [0.3, 0.4) is 0 Å². The van der Waals surface area contributed by atoms with Crippen LogP contribution in [-0.2, 0) is 0 Å². The number of hydrogen-bond acceptors (Lipinski definition) is 4. The molecule has 0 fully saturated rings. The summed E-state index contributed by atoms with van der Waals surface area (Å²) in [7, 11) is 3.61. The fourth-order valence-electron chi connectivity index (χ4n) is 1.19. The first kappa shape index (κ1) is 10.9. The molecule has 0 saturated carbocycles. The highest BCUT2D eigenvalue weighted by Crippen LogP contribution is 2.25. The molecule has 0 saturated heterocycles. The number of rotatable bonds is 2. The van der Waals surface area contributed by atoms with Crippen molar-refractivity contribution in [1.29, 1.82) is 0 Å². The number of benzene rings is 1. The molecular weight excluding hydrogens is 232 g/mol. The van der Waals surface area contributed by atoms with Gasteiger partial charge in [-0.3, -0.25) is 0 Å². The van der Waals surface area contributed by atoms with Crippen molar-refractivity contribution in [2.75, 3.05) is 19.0 Å². The third kappa shape index (κ3) is 2.16. The molecule has 2 aromatic rings. The normalized spacial score (nSPS) is 10.5. The maximum Gasteiger partial charge on any atom is 0.237 e. The third-order valence-corrected chi connectivity index (χ3v) is 2.68. The van der Waals surface area contributed by atoms with E-state index in [0.29, 0.717) is 16.5 Å². The average molecular weight is 241 g/mol. The van der Waals surface area contributed by atoms with Crippen molar-refractivity contribution in [2.45, 2.75) is 0 Å². The van der Waals surface area contributed by atoms with E-state index in [1.807, 2.05) is 0 Å². The van der Waals surface area contributed by atoms with E-state index in [9.17, 15) is 8.78 Å². The summed E-state index contributed by atoms with van der Waals surface area (Å²) in [5, 5.41) is 0.502. The van der Waals surface area contributed by atoms with Crippen LogP contribution < -0.4 is 4.90 Å². The Morgan fingerprint density at radius 2 is 1.75 bits per heavy atom. The van der Waals surface area contributed by atoms with E-state index in [1.165, 1.54) is 12.1 Å². The van der Waals surface area contributed by atoms with Gasteiger partial charge in [-0.25, -0.2) is 8.78 Å². The summed E-state index contributed by atoms with van der Waals surface area (Å²) in [6.07, 6.45) is 0. The molecule has 0 radical (unpaired) electrons. The predicted octanol–water partition coefficient (Wildman–Crippen LogP) is 2.55. The Balaban J connectivity index is 2.42. The SMILES string of the molecule is CN(C)c1nsc(-c2cc(F)cc(F)c2)n1. The number of aromatic nitrogens is 2. The highest BCUT2D eigenvalue weighted by atomic mass is 32.1. The fourth-order valence-corrected chi connectivity index (χ4v) is 1.91. The molecule has 1 aromatic heterocycles. The van der Waals surface area contributed by atoms with Gasteiger partial charge in [0.1, 0.15) is 16.6 Å². The van der Waals surface area contributed by atoms with E-state index in [2.05, 4.69) is 9.36 Å². The van der Waals surface area contributed by atoms with E-state index in [1.54, 1.807) is 19.0 Å². The molecule has 1 aromatic carbocycles. The summed E-state index contributed by atoms with van der Waals surface area (Å²) < 4.78 is 30.0. The lowest BCUT2D eigenvalue weighted by Crippen LogP contribution is -2.09. The first-order valence-electron chi connectivity index (χ1n) is 4.54. The van der Waals surface area contributed by atoms with E-state index in [-0.39, 0.29) is 0 Å². The second kappa shape index (κ2) is 4.13. The molecule has 1 heterocycles. The molecule has 0 aliphatic heterocycles. The minimum Gasteiger partial charge on any atom is -0.346 e. The zero-order valence-corrected chi connectivity index (χ0v) is 9.55. The summed E-state index contributed by atoms with van der Waals surface area (Å²) in [5.74, 6) is -0.696. The number of hydrogen-bond donors (Lipinski definition) is 0. The van der Waals surface area contributed by atoms with Crippen molar-refractivity contribution in [2.24, 2.45) is 0 Å². The van der Waals surface area contributed by atoms with Crippen LogP contribution in [0.2, 0.25) is 0 Å². The van der Waals surface area contributed by atoms with E-state index in [0.717, 1.165) is 17.6 Å². The Bertz CT molecular complexity index is 490. The maximum absolute atomic E-state index is 13.0. The van der Waals surface area contributed by atoms with Crippen LogP contribution in [0.5, 0.6) is 0 Å². The molecule has 3 nitrogen and oxygen atoms in total. The molecule has 2 rings (SSSR count). The minimum atomic E-state index is -0.614.